The number of nitrogens with one attached hydrogen (secondary N) is 1. The Morgan fingerprint density at radius 1 is 1.07 bits per heavy atom. The number of benzene rings is 2. The van der Waals surface area contributed by atoms with E-state index in [9.17, 15) is 9.18 Å². The van der Waals surface area contributed by atoms with E-state index in [1.54, 1.807) is 18.2 Å². The number of carbonyl (C=O) groups is 1. The second-order valence-electron chi connectivity index (χ2n) is 5.90. The Balaban J connectivity index is 1.44. The maximum atomic E-state index is 12.9. The number of hydrogen-bond donors (Lipinski definition) is 1. The maximum absolute atomic E-state index is 12.9. The van der Waals surface area contributed by atoms with Crippen molar-refractivity contribution in [2.75, 3.05) is 6.54 Å². The Kier molecular flexibility index (Phi) is 6.42. The minimum absolute atomic E-state index is 0.121. The van der Waals surface area contributed by atoms with Gasteiger partial charge >= 0.3 is 0 Å². The fourth-order valence-corrected chi connectivity index (χ4v) is 3.05. The summed E-state index contributed by atoms with van der Waals surface area (Å²) in [5.41, 5.74) is 1.60. The molecule has 0 unspecified atom stereocenters. The van der Waals surface area contributed by atoms with Gasteiger partial charge in [0.05, 0.1) is 0 Å². The molecule has 2 aromatic carbocycles. The molecule has 1 heterocycles. The standard InChI is InChI=1S/C19H16Cl2FN3O2/c20-14-9-12(10-15(21)11-14)7-8-23-17(26)5-6-18-24-19(25-27-18)13-1-3-16(22)4-2-13/h1-4,9-11H,5-8H2,(H,23,26). The normalized spacial score (nSPS) is 10.8. The molecular weight excluding hydrogens is 392 g/mol. The highest BCUT2D eigenvalue weighted by Crippen LogP contribution is 2.19. The molecule has 0 bridgehead atoms. The lowest BCUT2D eigenvalue weighted by Crippen LogP contribution is -2.25. The third-order valence-electron chi connectivity index (χ3n) is 3.79. The van der Waals surface area contributed by atoms with E-state index in [0.29, 0.717) is 46.7 Å². The second kappa shape index (κ2) is 8.97. The van der Waals surface area contributed by atoms with Crippen LogP contribution in [0.4, 0.5) is 4.39 Å². The minimum Gasteiger partial charge on any atom is -0.356 e. The molecule has 0 spiro atoms. The maximum Gasteiger partial charge on any atom is 0.227 e. The van der Waals surface area contributed by atoms with Crippen molar-refractivity contribution in [2.45, 2.75) is 19.3 Å². The lowest BCUT2D eigenvalue weighted by atomic mass is 10.1. The number of aryl methyl sites for hydroxylation is 1. The summed E-state index contributed by atoms with van der Waals surface area (Å²) < 4.78 is 18.1. The highest BCUT2D eigenvalue weighted by Gasteiger charge is 2.11. The lowest BCUT2D eigenvalue weighted by molar-refractivity contribution is -0.121. The molecule has 0 saturated heterocycles. The minimum atomic E-state index is -0.334. The van der Waals surface area contributed by atoms with Crippen molar-refractivity contribution < 1.29 is 13.7 Å². The van der Waals surface area contributed by atoms with Crippen molar-refractivity contribution in [2.24, 2.45) is 0 Å². The third kappa shape index (κ3) is 5.77. The van der Waals surface area contributed by atoms with Crippen LogP contribution in [0.5, 0.6) is 0 Å². The summed E-state index contributed by atoms with van der Waals surface area (Å²) >= 11 is 11.9. The van der Waals surface area contributed by atoms with Crippen LogP contribution in [0.15, 0.2) is 47.0 Å². The van der Waals surface area contributed by atoms with Crippen LogP contribution in [-0.2, 0) is 17.6 Å². The summed E-state index contributed by atoms with van der Waals surface area (Å²) in [6.45, 7) is 0.472. The van der Waals surface area contributed by atoms with Crippen LogP contribution in [0.3, 0.4) is 0 Å². The molecule has 5 nitrogen and oxygen atoms in total. The van der Waals surface area contributed by atoms with E-state index in [2.05, 4.69) is 15.5 Å². The molecule has 0 radical (unpaired) electrons. The van der Waals surface area contributed by atoms with E-state index in [-0.39, 0.29) is 18.1 Å². The number of nitrogens with zero attached hydrogens (tertiary/aromatic N) is 2. The predicted octanol–water partition coefficient (Wildman–Crippen LogP) is 4.47. The Hall–Kier alpha value is -2.44. The molecule has 0 atom stereocenters. The topological polar surface area (TPSA) is 68.0 Å². The quantitative estimate of drug-likeness (QED) is 0.626. The molecule has 3 rings (SSSR count). The van der Waals surface area contributed by atoms with Gasteiger partial charge in [-0.25, -0.2) is 4.39 Å². The van der Waals surface area contributed by atoms with E-state index in [1.165, 1.54) is 12.1 Å². The molecule has 0 saturated carbocycles. The molecule has 0 fully saturated rings. The highest BCUT2D eigenvalue weighted by molar-refractivity contribution is 6.34. The van der Waals surface area contributed by atoms with Crippen LogP contribution in [-0.4, -0.2) is 22.6 Å². The van der Waals surface area contributed by atoms with E-state index < -0.39 is 0 Å². The van der Waals surface area contributed by atoms with Gasteiger partial charge in [0, 0.05) is 35.0 Å². The number of carbonyl (C=O) groups excluding carboxylic acids is 1. The van der Waals surface area contributed by atoms with Crippen molar-refractivity contribution in [3.63, 3.8) is 0 Å². The van der Waals surface area contributed by atoms with Crippen molar-refractivity contribution in [1.82, 2.24) is 15.5 Å². The number of rotatable bonds is 7. The SMILES string of the molecule is O=C(CCc1nc(-c2ccc(F)cc2)no1)NCCc1cc(Cl)cc(Cl)c1. The van der Waals surface area contributed by atoms with Gasteiger partial charge in [0.15, 0.2) is 0 Å². The molecule has 27 heavy (non-hydrogen) atoms. The molecule has 1 N–H and O–H groups in total. The molecule has 3 aromatic rings. The van der Waals surface area contributed by atoms with Crippen LogP contribution >= 0.6 is 23.2 Å². The highest BCUT2D eigenvalue weighted by atomic mass is 35.5. The predicted molar refractivity (Wildman–Crippen MR) is 101 cm³/mol. The monoisotopic (exact) mass is 407 g/mol. The number of amides is 1. The van der Waals surface area contributed by atoms with Crippen LogP contribution in [0.2, 0.25) is 10.0 Å². The van der Waals surface area contributed by atoms with Gasteiger partial charge in [-0.1, -0.05) is 28.4 Å². The van der Waals surface area contributed by atoms with Gasteiger partial charge in [0.2, 0.25) is 17.6 Å². The summed E-state index contributed by atoms with van der Waals surface area (Å²) in [6, 6.07) is 11.1. The van der Waals surface area contributed by atoms with Gasteiger partial charge in [-0.2, -0.15) is 4.98 Å². The van der Waals surface area contributed by atoms with E-state index in [1.807, 2.05) is 12.1 Å². The Morgan fingerprint density at radius 3 is 2.48 bits per heavy atom. The average Bonchev–Trinajstić information content (AvgIpc) is 3.09. The fraction of sp³-hybridized carbons (Fsp3) is 0.211. The summed E-state index contributed by atoms with van der Waals surface area (Å²) in [7, 11) is 0. The summed E-state index contributed by atoms with van der Waals surface area (Å²) in [4.78, 5) is 16.2. The zero-order valence-electron chi connectivity index (χ0n) is 14.2. The summed E-state index contributed by atoms with van der Waals surface area (Å²) in [6.07, 6.45) is 1.17. The van der Waals surface area contributed by atoms with E-state index in [0.717, 1.165) is 5.56 Å². The van der Waals surface area contributed by atoms with Crippen molar-refractivity contribution in [1.29, 1.82) is 0 Å². The molecule has 0 aliphatic carbocycles. The number of aromatic nitrogens is 2. The average molecular weight is 408 g/mol. The lowest BCUT2D eigenvalue weighted by Gasteiger charge is -2.05. The molecular formula is C19H16Cl2FN3O2. The summed E-state index contributed by atoms with van der Waals surface area (Å²) in [5, 5.41) is 7.81. The van der Waals surface area contributed by atoms with Crippen molar-refractivity contribution >= 4 is 29.1 Å². The zero-order valence-corrected chi connectivity index (χ0v) is 15.7. The Labute approximate surface area is 165 Å². The van der Waals surface area contributed by atoms with E-state index in [4.69, 9.17) is 27.7 Å². The summed E-state index contributed by atoms with van der Waals surface area (Å²) in [5.74, 6) is 0.262. The van der Waals surface area contributed by atoms with Crippen molar-refractivity contribution in [3.05, 3.63) is 69.8 Å². The van der Waals surface area contributed by atoms with Gasteiger partial charge < -0.3 is 9.84 Å². The Morgan fingerprint density at radius 2 is 1.78 bits per heavy atom. The third-order valence-corrected chi connectivity index (χ3v) is 4.23. The number of halogens is 3. The first-order chi connectivity index (χ1) is 13.0. The van der Waals surface area contributed by atoms with Crippen molar-refractivity contribution in [3.8, 4) is 11.4 Å². The van der Waals surface area contributed by atoms with Crippen LogP contribution in [0.1, 0.15) is 17.9 Å². The van der Waals surface area contributed by atoms with Gasteiger partial charge in [-0.05, 0) is 54.4 Å². The smallest absolute Gasteiger partial charge is 0.227 e. The van der Waals surface area contributed by atoms with Gasteiger partial charge in [-0.3, -0.25) is 4.79 Å². The van der Waals surface area contributed by atoms with E-state index >= 15 is 0 Å². The van der Waals surface area contributed by atoms with Gasteiger partial charge in [-0.15, -0.1) is 0 Å². The second-order valence-corrected chi connectivity index (χ2v) is 6.77. The molecule has 1 aromatic heterocycles. The Bertz CT molecular complexity index is 909. The van der Waals surface area contributed by atoms with Gasteiger partial charge in [0.25, 0.3) is 0 Å². The van der Waals surface area contributed by atoms with Crippen LogP contribution in [0.25, 0.3) is 11.4 Å². The molecule has 1 amide bonds. The first-order valence-electron chi connectivity index (χ1n) is 8.30. The zero-order chi connectivity index (χ0) is 19.2. The first kappa shape index (κ1) is 19.3. The molecule has 140 valence electrons. The molecule has 8 heteroatoms. The van der Waals surface area contributed by atoms with Crippen LogP contribution in [0, 0.1) is 5.82 Å². The van der Waals surface area contributed by atoms with Crippen LogP contribution < -0.4 is 5.32 Å². The fourth-order valence-electron chi connectivity index (χ4n) is 2.48. The molecule has 0 aliphatic rings. The first-order valence-corrected chi connectivity index (χ1v) is 9.05. The largest absolute Gasteiger partial charge is 0.356 e. The molecule has 0 aliphatic heterocycles. The number of hydrogen-bond acceptors (Lipinski definition) is 4. The van der Waals surface area contributed by atoms with Gasteiger partial charge in [0.1, 0.15) is 5.82 Å².